The Bertz CT molecular complexity index is 947. The monoisotopic (exact) mass is 343 g/mol. The third kappa shape index (κ3) is 2.78. The molecule has 1 aliphatic carbocycles. The van der Waals surface area contributed by atoms with Crippen LogP contribution in [-0.4, -0.2) is 33.2 Å². The van der Waals surface area contributed by atoms with Crippen LogP contribution in [0.25, 0.3) is 22.8 Å². The molecule has 1 aromatic carbocycles. The number of nitrogens with one attached hydrogen (secondary N) is 1. The minimum Gasteiger partial charge on any atom is -0.370 e. The predicted molar refractivity (Wildman–Crippen MR) is 90.0 cm³/mol. The van der Waals surface area contributed by atoms with Crippen molar-refractivity contribution in [2.24, 2.45) is 0 Å². The maximum absolute atomic E-state index is 11.1. The lowest BCUT2D eigenvalue weighted by molar-refractivity contribution is 0.387. The van der Waals surface area contributed by atoms with Crippen LogP contribution in [-0.2, 0) is 0 Å². The Morgan fingerprint density at radius 1 is 1.25 bits per heavy atom. The molecule has 122 valence electrons. The Morgan fingerprint density at radius 2 is 2.04 bits per heavy atom. The molecular formula is C16H14ClN5O2. The van der Waals surface area contributed by atoms with Gasteiger partial charge in [-0.05, 0) is 31.0 Å². The standard InChI is InChI=1S/C16H14ClN5O2/c1-22(10-3-4-10)14-5-2-9(6-11(14)17)12-7-13(19-8-18-12)15-20-16(23)24-21-15/h2,5-8,10H,3-4H2,1H3,(H,20,21,23). The smallest absolute Gasteiger partial charge is 0.370 e. The fourth-order valence-electron chi connectivity index (χ4n) is 2.60. The van der Waals surface area contributed by atoms with Gasteiger partial charge in [0.25, 0.3) is 0 Å². The molecule has 2 aromatic heterocycles. The number of aromatic nitrogens is 4. The van der Waals surface area contributed by atoms with Crippen molar-refractivity contribution in [2.75, 3.05) is 11.9 Å². The molecule has 0 radical (unpaired) electrons. The maximum Gasteiger partial charge on any atom is 0.439 e. The summed E-state index contributed by atoms with van der Waals surface area (Å²) in [4.78, 5) is 24.1. The molecule has 0 saturated heterocycles. The number of hydrogen-bond acceptors (Lipinski definition) is 6. The molecule has 1 saturated carbocycles. The molecule has 0 unspecified atom stereocenters. The fourth-order valence-corrected chi connectivity index (χ4v) is 2.91. The predicted octanol–water partition coefficient (Wildman–Crippen LogP) is 2.74. The number of H-pyrrole nitrogens is 1. The van der Waals surface area contributed by atoms with Crippen LogP contribution in [0, 0.1) is 0 Å². The molecule has 0 amide bonds. The van der Waals surface area contributed by atoms with Crippen LogP contribution in [0.1, 0.15) is 12.8 Å². The summed E-state index contributed by atoms with van der Waals surface area (Å²) < 4.78 is 4.51. The first kappa shape index (κ1) is 14.9. The lowest BCUT2D eigenvalue weighted by Gasteiger charge is -2.20. The molecule has 7 nitrogen and oxygen atoms in total. The highest BCUT2D eigenvalue weighted by molar-refractivity contribution is 6.33. The number of benzene rings is 1. The van der Waals surface area contributed by atoms with Gasteiger partial charge in [0.05, 0.1) is 16.4 Å². The van der Waals surface area contributed by atoms with Crippen LogP contribution in [0.4, 0.5) is 5.69 Å². The summed E-state index contributed by atoms with van der Waals surface area (Å²) in [5, 5.41) is 4.31. The SMILES string of the molecule is CN(c1ccc(-c2cc(-c3noc(=O)[nH]3)ncn2)cc1Cl)C1CC1. The normalized spacial score (nSPS) is 13.9. The Labute approximate surface area is 142 Å². The first-order valence-electron chi connectivity index (χ1n) is 7.53. The van der Waals surface area contributed by atoms with E-state index in [1.807, 2.05) is 18.2 Å². The molecular weight excluding hydrogens is 330 g/mol. The van der Waals surface area contributed by atoms with Crippen molar-refractivity contribution in [3.63, 3.8) is 0 Å². The van der Waals surface area contributed by atoms with Crippen molar-refractivity contribution in [1.82, 2.24) is 20.1 Å². The highest BCUT2D eigenvalue weighted by atomic mass is 35.5. The average Bonchev–Trinajstić information content (AvgIpc) is 3.35. The van der Waals surface area contributed by atoms with Gasteiger partial charge in [0.15, 0.2) is 0 Å². The molecule has 0 aliphatic heterocycles. The van der Waals surface area contributed by atoms with Crippen molar-refractivity contribution in [3.05, 3.63) is 46.2 Å². The van der Waals surface area contributed by atoms with Crippen molar-refractivity contribution in [3.8, 4) is 22.8 Å². The average molecular weight is 344 g/mol. The van der Waals surface area contributed by atoms with Gasteiger partial charge in [-0.25, -0.2) is 14.8 Å². The van der Waals surface area contributed by atoms with Crippen LogP contribution in [0.3, 0.4) is 0 Å². The summed E-state index contributed by atoms with van der Waals surface area (Å²) in [5.41, 5.74) is 3.04. The van der Waals surface area contributed by atoms with Gasteiger partial charge in [-0.15, -0.1) is 0 Å². The Hall–Kier alpha value is -2.67. The van der Waals surface area contributed by atoms with E-state index in [1.54, 1.807) is 6.07 Å². The molecule has 8 heteroatoms. The second kappa shape index (κ2) is 5.76. The number of rotatable bonds is 4. The largest absolute Gasteiger partial charge is 0.439 e. The van der Waals surface area contributed by atoms with Crippen molar-refractivity contribution < 1.29 is 4.52 Å². The molecule has 4 rings (SSSR count). The fraction of sp³-hybridized carbons (Fsp3) is 0.250. The second-order valence-electron chi connectivity index (χ2n) is 5.74. The summed E-state index contributed by atoms with van der Waals surface area (Å²) in [6, 6.07) is 8.16. The van der Waals surface area contributed by atoms with Gasteiger partial charge in [0, 0.05) is 18.7 Å². The zero-order valence-electron chi connectivity index (χ0n) is 12.9. The molecule has 3 aromatic rings. The Kier molecular flexibility index (Phi) is 3.57. The summed E-state index contributed by atoms with van der Waals surface area (Å²) in [7, 11) is 2.06. The molecule has 1 fully saturated rings. The molecule has 0 bridgehead atoms. The van der Waals surface area contributed by atoms with Gasteiger partial charge < -0.3 is 4.90 Å². The number of hydrogen-bond donors (Lipinski definition) is 1. The van der Waals surface area contributed by atoms with Crippen LogP contribution in [0.2, 0.25) is 5.02 Å². The summed E-state index contributed by atoms with van der Waals surface area (Å²) in [6.07, 6.45) is 3.83. The van der Waals surface area contributed by atoms with Gasteiger partial charge in [0.2, 0.25) is 5.82 Å². The summed E-state index contributed by atoms with van der Waals surface area (Å²) in [6.45, 7) is 0. The zero-order valence-corrected chi connectivity index (χ0v) is 13.6. The topological polar surface area (TPSA) is 87.9 Å². The van der Waals surface area contributed by atoms with E-state index >= 15 is 0 Å². The van der Waals surface area contributed by atoms with E-state index < -0.39 is 5.76 Å². The van der Waals surface area contributed by atoms with Crippen molar-refractivity contribution in [2.45, 2.75) is 18.9 Å². The van der Waals surface area contributed by atoms with Gasteiger partial charge in [-0.1, -0.05) is 22.8 Å². The van der Waals surface area contributed by atoms with Crippen LogP contribution in [0.15, 0.2) is 39.9 Å². The highest BCUT2D eigenvalue weighted by Gasteiger charge is 2.27. The van der Waals surface area contributed by atoms with E-state index in [4.69, 9.17) is 11.6 Å². The molecule has 0 atom stereocenters. The van der Waals surface area contributed by atoms with E-state index in [1.165, 1.54) is 19.2 Å². The van der Waals surface area contributed by atoms with Gasteiger partial charge in [-0.3, -0.25) is 9.51 Å². The molecule has 1 aliphatic rings. The molecule has 24 heavy (non-hydrogen) atoms. The molecule has 1 N–H and O–H groups in total. The Balaban J connectivity index is 1.68. The minimum atomic E-state index is -0.624. The third-order valence-electron chi connectivity index (χ3n) is 4.07. The highest BCUT2D eigenvalue weighted by Crippen LogP contribution is 2.36. The Morgan fingerprint density at radius 3 is 2.71 bits per heavy atom. The van der Waals surface area contributed by atoms with E-state index in [0.29, 0.717) is 22.5 Å². The first-order chi connectivity index (χ1) is 11.6. The maximum atomic E-state index is 11.1. The zero-order chi connectivity index (χ0) is 16.7. The minimum absolute atomic E-state index is 0.264. The summed E-state index contributed by atoms with van der Waals surface area (Å²) >= 11 is 6.45. The number of halogens is 1. The quantitative estimate of drug-likeness (QED) is 0.783. The molecule has 2 heterocycles. The van der Waals surface area contributed by atoms with E-state index in [2.05, 4.69) is 36.6 Å². The first-order valence-corrected chi connectivity index (χ1v) is 7.91. The van der Waals surface area contributed by atoms with Crippen molar-refractivity contribution in [1.29, 1.82) is 0 Å². The van der Waals surface area contributed by atoms with Crippen molar-refractivity contribution >= 4 is 17.3 Å². The van der Waals surface area contributed by atoms with Crippen LogP contribution < -0.4 is 10.7 Å². The van der Waals surface area contributed by atoms with Crippen LogP contribution in [0.5, 0.6) is 0 Å². The number of aromatic amines is 1. The second-order valence-corrected chi connectivity index (χ2v) is 6.15. The van der Waals surface area contributed by atoms with Gasteiger partial charge >= 0.3 is 5.76 Å². The van der Waals surface area contributed by atoms with E-state index in [9.17, 15) is 4.79 Å². The lowest BCUT2D eigenvalue weighted by Crippen LogP contribution is -2.19. The third-order valence-corrected chi connectivity index (χ3v) is 4.37. The van der Waals surface area contributed by atoms with Crippen LogP contribution >= 0.6 is 11.6 Å². The van der Waals surface area contributed by atoms with Gasteiger partial charge in [-0.2, -0.15) is 0 Å². The summed E-state index contributed by atoms with van der Waals surface area (Å²) in [5.74, 6) is -0.361. The number of anilines is 1. The molecule has 0 spiro atoms. The van der Waals surface area contributed by atoms with Gasteiger partial charge in [0.1, 0.15) is 12.0 Å². The van der Waals surface area contributed by atoms with E-state index in [0.717, 1.165) is 11.3 Å². The number of nitrogens with zero attached hydrogens (tertiary/aromatic N) is 4. The van der Waals surface area contributed by atoms with E-state index in [-0.39, 0.29) is 5.82 Å². The lowest BCUT2D eigenvalue weighted by atomic mass is 10.1.